The molecule has 1 heterocycles. The van der Waals surface area contributed by atoms with Crippen LogP contribution in [0.4, 0.5) is 13.6 Å². The Hall–Kier alpha value is -1.24. The Morgan fingerprint density at radius 3 is 2.76 bits per heavy atom. The maximum atomic E-state index is 13.0. The van der Waals surface area contributed by atoms with Gasteiger partial charge in [0.2, 0.25) is 5.92 Å². The predicted octanol–water partition coefficient (Wildman–Crippen LogP) is 3.64. The van der Waals surface area contributed by atoms with Crippen molar-refractivity contribution in [2.24, 2.45) is 0 Å². The standard InChI is InChI=1S/C14H21F2N3OS/c1-3-12-19-11(8-21-12)9(2)17-13(20)18-10-4-6-14(15,16)7-5-10/h8-10H,3-7H2,1-2H3,(H2,17,18,20). The van der Waals surface area contributed by atoms with Gasteiger partial charge in [-0.15, -0.1) is 11.3 Å². The fraction of sp³-hybridized carbons (Fsp3) is 0.714. The van der Waals surface area contributed by atoms with Gasteiger partial charge in [-0.05, 0) is 26.2 Å². The Morgan fingerprint density at radius 2 is 2.19 bits per heavy atom. The van der Waals surface area contributed by atoms with Gasteiger partial charge in [0.05, 0.1) is 16.7 Å². The fourth-order valence-corrected chi connectivity index (χ4v) is 3.21. The first-order valence-electron chi connectivity index (χ1n) is 7.29. The number of rotatable bonds is 4. The van der Waals surface area contributed by atoms with Gasteiger partial charge < -0.3 is 10.6 Å². The number of carbonyl (C=O) groups excluding carboxylic acids is 1. The monoisotopic (exact) mass is 317 g/mol. The van der Waals surface area contributed by atoms with E-state index in [9.17, 15) is 13.6 Å². The van der Waals surface area contributed by atoms with Crippen LogP contribution in [-0.2, 0) is 6.42 Å². The first kappa shape index (κ1) is 16.1. The molecule has 0 spiro atoms. The summed E-state index contributed by atoms with van der Waals surface area (Å²) in [6.45, 7) is 3.90. The second-order valence-corrected chi connectivity index (χ2v) is 6.43. The fourth-order valence-electron chi connectivity index (χ4n) is 2.37. The number of aryl methyl sites for hydroxylation is 1. The number of alkyl halides is 2. The van der Waals surface area contributed by atoms with Gasteiger partial charge in [0, 0.05) is 24.3 Å². The van der Waals surface area contributed by atoms with Crippen molar-refractivity contribution in [3.05, 3.63) is 16.1 Å². The van der Waals surface area contributed by atoms with E-state index in [1.165, 1.54) is 0 Å². The van der Waals surface area contributed by atoms with Crippen LogP contribution in [-0.4, -0.2) is 23.0 Å². The van der Waals surface area contributed by atoms with Gasteiger partial charge in [0.1, 0.15) is 0 Å². The van der Waals surface area contributed by atoms with E-state index in [0.717, 1.165) is 17.1 Å². The Morgan fingerprint density at radius 1 is 1.52 bits per heavy atom. The highest BCUT2D eigenvalue weighted by Crippen LogP contribution is 2.32. The molecule has 1 fully saturated rings. The van der Waals surface area contributed by atoms with Crippen LogP contribution in [0.25, 0.3) is 0 Å². The van der Waals surface area contributed by atoms with Crippen LogP contribution >= 0.6 is 11.3 Å². The molecule has 1 unspecified atom stereocenters. The van der Waals surface area contributed by atoms with Gasteiger partial charge >= 0.3 is 6.03 Å². The van der Waals surface area contributed by atoms with Gasteiger partial charge in [-0.3, -0.25) is 0 Å². The third-order valence-electron chi connectivity index (χ3n) is 3.72. The predicted molar refractivity (Wildman–Crippen MR) is 78.8 cm³/mol. The van der Waals surface area contributed by atoms with E-state index in [1.54, 1.807) is 11.3 Å². The molecular weight excluding hydrogens is 296 g/mol. The number of amides is 2. The first-order chi connectivity index (χ1) is 9.89. The smallest absolute Gasteiger partial charge is 0.315 e. The van der Waals surface area contributed by atoms with E-state index >= 15 is 0 Å². The summed E-state index contributed by atoms with van der Waals surface area (Å²) >= 11 is 1.57. The molecule has 21 heavy (non-hydrogen) atoms. The average molecular weight is 317 g/mol. The highest BCUT2D eigenvalue weighted by molar-refractivity contribution is 7.09. The van der Waals surface area contributed by atoms with Gasteiger partial charge in [-0.2, -0.15) is 0 Å². The minimum Gasteiger partial charge on any atom is -0.335 e. The molecule has 0 bridgehead atoms. The van der Waals surface area contributed by atoms with E-state index < -0.39 is 5.92 Å². The lowest BCUT2D eigenvalue weighted by molar-refractivity contribution is -0.0395. The lowest BCUT2D eigenvalue weighted by Gasteiger charge is -2.29. The number of urea groups is 1. The number of nitrogens with one attached hydrogen (secondary N) is 2. The van der Waals surface area contributed by atoms with Crippen LogP contribution in [0.3, 0.4) is 0 Å². The molecule has 1 saturated carbocycles. The summed E-state index contributed by atoms with van der Waals surface area (Å²) in [5.41, 5.74) is 0.835. The van der Waals surface area contributed by atoms with Gasteiger partial charge in [-0.25, -0.2) is 18.6 Å². The Labute approximate surface area is 127 Å². The van der Waals surface area contributed by atoms with Crippen LogP contribution in [0.2, 0.25) is 0 Å². The number of thiazole rings is 1. The average Bonchev–Trinajstić information content (AvgIpc) is 2.90. The third kappa shape index (κ3) is 4.62. The van der Waals surface area contributed by atoms with Crippen molar-refractivity contribution >= 4 is 17.4 Å². The van der Waals surface area contributed by atoms with Crippen LogP contribution < -0.4 is 10.6 Å². The summed E-state index contributed by atoms with van der Waals surface area (Å²) in [7, 11) is 0. The normalized spacial score (nSPS) is 20.0. The Bertz CT molecular complexity index is 482. The Kier molecular flexibility index (Phi) is 5.13. The molecule has 1 aliphatic carbocycles. The molecule has 1 aliphatic rings. The zero-order valence-electron chi connectivity index (χ0n) is 12.3. The van der Waals surface area contributed by atoms with Gasteiger partial charge in [-0.1, -0.05) is 6.92 Å². The van der Waals surface area contributed by atoms with E-state index in [-0.39, 0.29) is 31.0 Å². The van der Waals surface area contributed by atoms with Crippen LogP contribution in [0.1, 0.15) is 56.3 Å². The number of halogens is 2. The third-order valence-corrected chi connectivity index (χ3v) is 4.73. The molecule has 0 aliphatic heterocycles. The summed E-state index contributed by atoms with van der Waals surface area (Å²) in [5, 5.41) is 8.55. The molecule has 7 heteroatoms. The van der Waals surface area contributed by atoms with Crippen molar-refractivity contribution in [2.75, 3.05) is 0 Å². The molecule has 0 radical (unpaired) electrons. The van der Waals surface area contributed by atoms with Crippen LogP contribution in [0.15, 0.2) is 5.38 Å². The maximum Gasteiger partial charge on any atom is 0.315 e. The lowest BCUT2D eigenvalue weighted by atomic mass is 9.92. The first-order valence-corrected chi connectivity index (χ1v) is 8.17. The summed E-state index contributed by atoms with van der Waals surface area (Å²) in [6.07, 6.45) is 1.22. The number of hydrogen-bond donors (Lipinski definition) is 2. The van der Waals surface area contributed by atoms with Crippen molar-refractivity contribution in [1.82, 2.24) is 15.6 Å². The molecule has 0 aromatic carbocycles. The molecule has 2 amide bonds. The minimum absolute atomic E-state index is 0.153. The SMILES string of the molecule is CCc1nc(C(C)NC(=O)NC2CCC(F)(F)CC2)cs1. The Balaban J connectivity index is 1.79. The molecule has 0 saturated heterocycles. The van der Waals surface area contributed by atoms with Crippen LogP contribution in [0.5, 0.6) is 0 Å². The molecule has 118 valence electrons. The second kappa shape index (κ2) is 6.68. The molecule has 2 rings (SSSR count). The molecular formula is C14H21F2N3OS. The zero-order chi connectivity index (χ0) is 15.5. The second-order valence-electron chi connectivity index (χ2n) is 5.49. The summed E-state index contributed by atoms with van der Waals surface area (Å²) in [5.74, 6) is -2.57. The van der Waals surface area contributed by atoms with Crippen LogP contribution in [0, 0.1) is 0 Å². The molecule has 1 aromatic rings. The highest BCUT2D eigenvalue weighted by atomic mass is 32.1. The highest BCUT2D eigenvalue weighted by Gasteiger charge is 2.35. The van der Waals surface area contributed by atoms with E-state index in [0.29, 0.717) is 12.8 Å². The van der Waals surface area contributed by atoms with Crippen molar-refractivity contribution in [3.63, 3.8) is 0 Å². The maximum absolute atomic E-state index is 13.0. The molecule has 2 N–H and O–H groups in total. The number of hydrogen-bond acceptors (Lipinski definition) is 3. The largest absolute Gasteiger partial charge is 0.335 e. The summed E-state index contributed by atoms with van der Waals surface area (Å²) in [6, 6.07) is -0.672. The van der Waals surface area contributed by atoms with Gasteiger partial charge in [0.25, 0.3) is 0 Å². The molecule has 1 aromatic heterocycles. The number of aromatic nitrogens is 1. The zero-order valence-corrected chi connectivity index (χ0v) is 13.1. The minimum atomic E-state index is -2.57. The summed E-state index contributed by atoms with van der Waals surface area (Å²) < 4.78 is 26.1. The topological polar surface area (TPSA) is 54.0 Å². The number of nitrogens with zero attached hydrogens (tertiary/aromatic N) is 1. The van der Waals surface area contributed by atoms with E-state index in [2.05, 4.69) is 15.6 Å². The molecule has 4 nitrogen and oxygen atoms in total. The van der Waals surface area contributed by atoms with Gasteiger partial charge in [0.15, 0.2) is 0 Å². The quantitative estimate of drug-likeness (QED) is 0.891. The summed E-state index contributed by atoms with van der Waals surface area (Å²) in [4.78, 5) is 16.3. The van der Waals surface area contributed by atoms with E-state index in [1.807, 2.05) is 19.2 Å². The van der Waals surface area contributed by atoms with Crippen molar-refractivity contribution in [2.45, 2.75) is 64.0 Å². The molecule has 1 atom stereocenters. The van der Waals surface area contributed by atoms with Crippen molar-refractivity contribution < 1.29 is 13.6 Å². The van der Waals surface area contributed by atoms with Crippen molar-refractivity contribution in [1.29, 1.82) is 0 Å². The lowest BCUT2D eigenvalue weighted by Crippen LogP contribution is -2.45. The van der Waals surface area contributed by atoms with E-state index in [4.69, 9.17) is 0 Å². The van der Waals surface area contributed by atoms with Crippen molar-refractivity contribution in [3.8, 4) is 0 Å². The number of carbonyl (C=O) groups is 1.